The molecule has 1 amide bonds. The van der Waals surface area contributed by atoms with E-state index in [1.807, 2.05) is 48.7 Å². The third kappa shape index (κ3) is 2.58. The number of hydrogen-bond acceptors (Lipinski definition) is 1. The largest absolute Gasteiger partial charge is 0.361 e. The van der Waals surface area contributed by atoms with Gasteiger partial charge in [-0.05, 0) is 48.2 Å². The number of aromatic amines is 1. The summed E-state index contributed by atoms with van der Waals surface area (Å²) in [6.07, 6.45) is 3.63. The highest BCUT2D eigenvalue weighted by molar-refractivity contribution is 6.31. The van der Waals surface area contributed by atoms with Gasteiger partial charge in [0.1, 0.15) is 0 Å². The van der Waals surface area contributed by atoms with Crippen LogP contribution in [0, 0.1) is 0 Å². The summed E-state index contributed by atoms with van der Waals surface area (Å²) in [7, 11) is 0. The Kier molecular flexibility index (Phi) is 3.78. The first kappa shape index (κ1) is 15.6. The zero-order chi connectivity index (χ0) is 16.7. The number of carbonyl (C=O) groups excluding carboxylic acids is 1. The number of H-pyrrole nitrogens is 1. The standard InChI is InChI=1S/C19H16Cl2N2O/c20-13-5-6-17-14(9-13)15(11-22-17)19(7-8-19)18(24)23-10-12-3-1-2-4-16(12)21/h1-6,9,11,22H,7-8,10H2,(H,23,24). The Morgan fingerprint density at radius 3 is 2.71 bits per heavy atom. The van der Waals surface area contributed by atoms with E-state index in [2.05, 4.69) is 10.3 Å². The smallest absolute Gasteiger partial charge is 0.231 e. The van der Waals surface area contributed by atoms with Gasteiger partial charge in [0.2, 0.25) is 5.91 Å². The Morgan fingerprint density at radius 2 is 1.96 bits per heavy atom. The molecule has 4 rings (SSSR count). The summed E-state index contributed by atoms with van der Waals surface area (Å²) in [6, 6.07) is 13.3. The molecule has 122 valence electrons. The molecular formula is C19H16Cl2N2O. The number of benzene rings is 2. The molecule has 0 spiro atoms. The van der Waals surface area contributed by atoms with E-state index in [-0.39, 0.29) is 5.91 Å². The number of halogens is 2. The topological polar surface area (TPSA) is 44.9 Å². The first-order valence-corrected chi connectivity index (χ1v) is 8.64. The lowest BCUT2D eigenvalue weighted by Crippen LogP contribution is -2.34. The zero-order valence-electron chi connectivity index (χ0n) is 12.9. The molecule has 0 bridgehead atoms. The highest BCUT2D eigenvalue weighted by atomic mass is 35.5. The Morgan fingerprint density at radius 1 is 1.17 bits per heavy atom. The highest BCUT2D eigenvalue weighted by Crippen LogP contribution is 2.51. The summed E-state index contributed by atoms with van der Waals surface area (Å²) in [4.78, 5) is 16.1. The van der Waals surface area contributed by atoms with Crippen molar-refractivity contribution in [2.45, 2.75) is 24.8 Å². The lowest BCUT2D eigenvalue weighted by Gasteiger charge is -2.15. The van der Waals surface area contributed by atoms with Crippen LogP contribution in [-0.2, 0) is 16.8 Å². The van der Waals surface area contributed by atoms with E-state index in [0.717, 1.165) is 34.9 Å². The van der Waals surface area contributed by atoms with Crippen molar-refractivity contribution in [1.29, 1.82) is 0 Å². The average molecular weight is 359 g/mol. The van der Waals surface area contributed by atoms with Crippen molar-refractivity contribution in [2.75, 3.05) is 0 Å². The number of amides is 1. The van der Waals surface area contributed by atoms with Gasteiger partial charge in [-0.15, -0.1) is 0 Å². The number of nitrogens with one attached hydrogen (secondary N) is 2. The lowest BCUT2D eigenvalue weighted by atomic mass is 9.94. The fourth-order valence-corrected chi connectivity index (χ4v) is 3.59. The molecule has 2 N–H and O–H groups in total. The number of hydrogen-bond donors (Lipinski definition) is 2. The first-order chi connectivity index (χ1) is 11.6. The van der Waals surface area contributed by atoms with Gasteiger partial charge in [-0.1, -0.05) is 41.4 Å². The fraction of sp³-hybridized carbons (Fsp3) is 0.211. The molecule has 1 aliphatic rings. The minimum Gasteiger partial charge on any atom is -0.361 e. The molecule has 5 heteroatoms. The summed E-state index contributed by atoms with van der Waals surface area (Å²) >= 11 is 12.3. The maximum absolute atomic E-state index is 12.8. The monoisotopic (exact) mass is 358 g/mol. The van der Waals surface area contributed by atoms with E-state index in [4.69, 9.17) is 23.2 Å². The molecule has 1 saturated carbocycles. The number of carbonyl (C=O) groups is 1. The lowest BCUT2D eigenvalue weighted by molar-refractivity contribution is -0.123. The minimum absolute atomic E-state index is 0.0447. The summed E-state index contributed by atoms with van der Waals surface area (Å²) in [5.41, 5.74) is 2.49. The SMILES string of the molecule is O=C(NCc1ccccc1Cl)C1(c2c[nH]c3ccc(Cl)cc23)CC1. The molecule has 0 aliphatic heterocycles. The highest BCUT2D eigenvalue weighted by Gasteiger charge is 2.52. The summed E-state index contributed by atoms with van der Waals surface area (Å²) < 4.78 is 0. The normalized spacial score (nSPS) is 15.4. The van der Waals surface area contributed by atoms with E-state index >= 15 is 0 Å². The van der Waals surface area contributed by atoms with Crippen molar-refractivity contribution in [3.63, 3.8) is 0 Å². The van der Waals surface area contributed by atoms with Gasteiger partial charge in [-0.3, -0.25) is 4.79 Å². The van der Waals surface area contributed by atoms with Crippen LogP contribution in [-0.4, -0.2) is 10.9 Å². The van der Waals surface area contributed by atoms with Gasteiger partial charge in [0, 0.05) is 33.7 Å². The van der Waals surface area contributed by atoms with Crippen molar-refractivity contribution < 1.29 is 4.79 Å². The van der Waals surface area contributed by atoms with Gasteiger partial charge < -0.3 is 10.3 Å². The molecule has 24 heavy (non-hydrogen) atoms. The molecule has 1 aliphatic carbocycles. The second-order valence-electron chi connectivity index (χ2n) is 6.25. The van der Waals surface area contributed by atoms with Gasteiger partial charge in [0.15, 0.2) is 0 Å². The van der Waals surface area contributed by atoms with E-state index in [0.29, 0.717) is 16.6 Å². The minimum atomic E-state index is -0.454. The molecule has 3 aromatic rings. The van der Waals surface area contributed by atoms with Crippen LogP contribution in [0.15, 0.2) is 48.7 Å². The number of aromatic nitrogens is 1. The van der Waals surface area contributed by atoms with Crippen molar-refractivity contribution in [3.8, 4) is 0 Å². The van der Waals surface area contributed by atoms with E-state index in [1.54, 1.807) is 0 Å². The molecule has 3 nitrogen and oxygen atoms in total. The zero-order valence-corrected chi connectivity index (χ0v) is 14.4. The van der Waals surface area contributed by atoms with Crippen LogP contribution in [0.3, 0.4) is 0 Å². The summed E-state index contributed by atoms with van der Waals surface area (Å²) in [6.45, 7) is 0.434. The summed E-state index contributed by atoms with van der Waals surface area (Å²) in [5, 5.41) is 5.41. The molecular weight excluding hydrogens is 343 g/mol. The summed E-state index contributed by atoms with van der Waals surface area (Å²) in [5.74, 6) is 0.0447. The predicted octanol–water partition coefficient (Wildman–Crippen LogP) is 4.82. The van der Waals surface area contributed by atoms with Crippen molar-refractivity contribution in [3.05, 3.63) is 69.8 Å². The second kappa shape index (κ2) is 5.83. The quantitative estimate of drug-likeness (QED) is 0.689. The van der Waals surface area contributed by atoms with Gasteiger partial charge in [0.25, 0.3) is 0 Å². The van der Waals surface area contributed by atoms with E-state index < -0.39 is 5.41 Å². The van der Waals surface area contributed by atoms with Crippen LogP contribution in [0.5, 0.6) is 0 Å². The Balaban J connectivity index is 1.59. The average Bonchev–Trinajstić information content (AvgIpc) is 3.28. The maximum atomic E-state index is 12.8. The van der Waals surface area contributed by atoms with Crippen molar-refractivity contribution >= 4 is 40.0 Å². The molecule has 0 unspecified atom stereocenters. The molecule has 0 saturated heterocycles. The Bertz CT molecular complexity index is 928. The second-order valence-corrected chi connectivity index (χ2v) is 7.09. The van der Waals surface area contributed by atoms with Crippen LogP contribution in [0.25, 0.3) is 10.9 Å². The number of rotatable bonds is 4. The Hall–Kier alpha value is -1.97. The van der Waals surface area contributed by atoms with Crippen molar-refractivity contribution in [2.24, 2.45) is 0 Å². The number of fused-ring (bicyclic) bond motifs is 1. The third-order valence-electron chi connectivity index (χ3n) is 4.74. The molecule has 2 aromatic carbocycles. The molecule has 1 aromatic heterocycles. The molecule has 1 fully saturated rings. The van der Waals surface area contributed by atoms with E-state index in [9.17, 15) is 4.79 Å². The Labute approximate surface area is 150 Å². The van der Waals surface area contributed by atoms with Gasteiger partial charge in [-0.2, -0.15) is 0 Å². The van der Waals surface area contributed by atoms with Crippen LogP contribution in [0.1, 0.15) is 24.0 Å². The van der Waals surface area contributed by atoms with Crippen LogP contribution < -0.4 is 5.32 Å². The third-order valence-corrected chi connectivity index (χ3v) is 5.35. The van der Waals surface area contributed by atoms with E-state index in [1.165, 1.54) is 0 Å². The van der Waals surface area contributed by atoms with Gasteiger partial charge >= 0.3 is 0 Å². The van der Waals surface area contributed by atoms with Crippen LogP contribution in [0.2, 0.25) is 10.0 Å². The molecule has 0 radical (unpaired) electrons. The fourth-order valence-electron chi connectivity index (χ4n) is 3.22. The van der Waals surface area contributed by atoms with Gasteiger partial charge in [-0.25, -0.2) is 0 Å². The van der Waals surface area contributed by atoms with Crippen LogP contribution in [0.4, 0.5) is 0 Å². The molecule has 0 atom stereocenters. The first-order valence-electron chi connectivity index (χ1n) is 7.89. The predicted molar refractivity (Wildman–Crippen MR) is 97.5 cm³/mol. The maximum Gasteiger partial charge on any atom is 0.231 e. The van der Waals surface area contributed by atoms with Crippen LogP contribution >= 0.6 is 23.2 Å². The molecule has 1 heterocycles. The van der Waals surface area contributed by atoms with Gasteiger partial charge in [0.05, 0.1) is 5.41 Å². The van der Waals surface area contributed by atoms with Crippen molar-refractivity contribution in [1.82, 2.24) is 10.3 Å².